The first-order chi connectivity index (χ1) is 14.9. The topological polar surface area (TPSA) is 139 Å². The molecule has 2 heterocycles. The van der Waals surface area contributed by atoms with E-state index in [9.17, 15) is 19.5 Å². The van der Waals surface area contributed by atoms with E-state index < -0.39 is 35.2 Å². The fourth-order valence-corrected chi connectivity index (χ4v) is 5.10. The molecule has 9 heteroatoms. The third-order valence-corrected chi connectivity index (χ3v) is 6.73. The number of anilines is 1. The summed E-state index contributed by atoms with van der Waals surface area (Å²) in [6.07, 6.45) is 0.404. The number of thioether (sulfide) groups is 1. The summed E-state index contributed by atoms with van der Waals surface area (Å²) in [5.41, 5.74) is 14.5. The lowest BCUT2D eigenvalue weighted by Crippen LogP contribution is -2.71. The lowest BCUT2D eigenvalue weighted by atomic mass is 9.98. The van der Waals surface area contributed by atoms with E-state index in [1.54, 1.807) is 36.4 Å². The van der Waals surface area contributed by atoms with E-state index >= 15 is 0 Å². The normalized spacial score (nSPS) is 21.2. The van der Waals surface area contributed by atoms with E-state index in [1.807, 2.05) is 18.2 Å². The number of hydrogen-bond donors (Lipinski definition) is 4. The number of β-lactam (4-membered cyclic amide) rings is 1. The molecule has 0 saturated carbocycles. The molecule has 1 saturated heterocycles. The van der Waals surface area contributed by atoms with E-state index in [2.05, 4.69) is 5.32 Å². The number of hydrogen-bond acceptors (Lipinski definition) is 6. The molecule has 0 radical (unpaired) electrons. The largest absolute Gasteiger partial charge is 0.477 e. The lowest BCUT2D eigenvalue weighted by Gasteiger charge is -2.49. The van der Waals surface area contributed by atoms with Gasteiger partial charge in [0.25, 0.3) is 5.91 Å². The van der Waals surface area contributed by atoms with Crippen LogP contribution < -0.4 is 16.8 Å². The van der Waals surface area contributed by atoms with Crippen molar-refractivity contribution in [3.8, 4) is 0 Å². The number of nitrogens with one attached hydrogen (secondary N) is 1. The number of aliphatic carboxylic acids is 1. The van der Waals surface area contributed by atoms with E-state index in [-0.39, 0.29) is 5.70 Å². The predicted molar refractivity (Wildman–Crippen MR) is 118 cm³/mol. The molecule has 2 amide bonds. The highest BCUT2D eigenvalue weighted by Gasteiger charge is 2.54. The molecule has 31 heavy (non-hydrogen) atoms. The summed E-state index contributed by atoms with van der Waals surface area (Å²) in [5.74, 6) is -1.64. The second-order valence-electron chi connectivity index (χ2n) is 7.46. The highest BCUT2D eigenvalue weighted by atomic mass is 32.2. The number of carboxylic acid groups (broad SMARTS) is 1. The van der Waals surface area contributed by atoms with Gasteiger partial charge in [-0.1, -0.05) is 42.5 Å². The van der Waals surface area contributed by atoms with E-state index in [0.29, 0.717) is 29.0 Å². The molecule has 0 aliphatic carbocycles. The number of fused-ring (bicyclic) bond motifs is 1. The van der Waals surface area contributed by atoms with Gasteiger partial charge in [0.1, 0.15) is 23.2 Å². The third-order valence-electron chi connectivity index (χ3n) is 5.39. The molecule has 1 fully saturated rings. The molecular formula is C22H22N4O4S. The Labute approximate surface area is 183 Å². The first kappa shape index (κ1) is 21.0. The molecule has 0 aromatic heterocycles. The van der Waals surface area contributed by atoms with Gasteiger partial charge in [-0.15, -0.1) is 11.8 Å². The van der Waals surface area contributed by atoms with Crippen LogP contribution in [0.4, 0.5) is 5.69 Å². The van der Waals surface area contributed by atoms with Crippen LogP contribution in [0.25, 0.3) is 0 Å². The molecule has 0 spiro atoms. The maximum atomic E-state index is 12.8. The Morgan fingerprint density at radius 1 is 1.16 bits per heavy atom. The molecule has 2 aromatic rings. The number of nitrogens with zero attached hydrogens (tertiary/aromatic N) is 1. The minimum absolute atomic E-state index is 0.0107. The molecule has 2 aliphatic rings. The first-order valence-corrected chi connectivity index (χ1v) is 10.8. The van der Waals surface area contributed by atoms with Gasteiger partial charge in [-0.2, -0.15) is 0 Å². The van der Waals surface area contributed by atoms with Gasteiger partial charge < -0.3 is 21.9 Å². The van der Waals surface area contributed by atoms with Gasteiger partial charge in [-0.05, 0) is 35.3 Å². The molecule has 160 valence electrons. The van der Waals surface area contributed by atoms with Crippen molar-refractivity contribution >= 4 is 35.2 Å². The fraction of sp³-hybridized carbons (Fsp3) is 0.227. The van der Waals surface area contributed by atoms with Crippen LogP contribution in [0.15, 0.2) is 65.9 Å². The molecular weight excluding hydrogens is 416 g/mol. The third kappa shape index (κ3) is 4.01. The molecule has 2 aliphatic heterocycles. The van der Waals surface area contributed by atoms with Crippen LogP contribution in [0.2, 0.25) is 0 Å². The summed E-state index contributed by atoms with van der Waals surface area (Å²) in [7, 11) is 0. The monoisotopic (exact) mass is 438 g/mol. The molecule has 4 rings (SSSR count). The zero-order chi connectivity index (χ0) is 22.1. The van der Waals surface area contributed by atoms with Crippen molar-refractivity contribution < 1.29 is 19.5 Å². The predicted octanol–water partition coefficient (Wildman–Crippen LogP) is 1.25. The minimum Gasteiger partial charge on any atom is -0.477 e. The molecule has 0 bridgehead atoms. The molecule has 3 atom stereocenters. The Balaban J connectivity index is 1.50. The number of carbonyl (C=O) groups excluding carboxylic acids is 2. The summed E-state index contributed by atoms with van der Waals surface area (Å²) in [6.45, 7) is 0. The van der Waals surface area contributed by atoms with Gasteiger partial charge in [0.2, 0.25) is 5.91 Å². The number of nitrogen functional groups attached to an aromatic ring is 1. The van der Waals surface area contributed by atoms with Crippen LogP contribution in [-0.4, -0.2) is 45.0 Å². The zero-order valence-electron chi connectivity index (χ0n) is 16.5. The van der Waals surface area contributed by atoms with E-state index in [4.69, 9.17) is 11.5 Å². The summed E-state index contributed by atoms with van der Waals surface area (Å²) in [6, 6.07) is 14.3. The van der Waals surface area contributed by atoms with E-state index in [1.165, 1.54) is 16.7 Å². The van der Waals surface area contributed by atoms with Crippen LogP contribution >= 0.6 is 11.8 Å². The highest BCUT2D eigenvalue weighted by molar-refractivity contribution is 8.00. The van der Waals surface area contributed by atoms with Crippen LogP contribution in [0.3, 0.4) is 0 Å². The second-order valence-corrected chi connectivity index (χ2v) is 8.57. The van der Waals surface area contributed by atoms with Gasteiger partial charge in [-0.3, -0.25) is 14.5 Å². The Morgan fingerprint density at radius 2 is 1.84 bits per heavy atom. The number of nitrogens with two attached hydrogens (primary N) is 2. The van der Waals surface area contributed by atoms with Gasteiger partial charge in [0, 0.05) is 11.4 Å². The number of amides is 2. The quantitative estimate of drug-likeness (QED) is 0.393. The van der Waals surface area contributed by atoms with Crippen LogP contribution in [-0.2, 0) is 20.8 Å². The van der Waals surface area contributed by atoms with Gasteiger partial charge in [0.05, 0.1) is 0 Å². The Bertz CT molecular complexity index is 1050. The second kappa shape index (κ2) is 8.44. The van der Waals surface area contributed by atoms with Crippen molar-refractivity contribution in [2.45, 2.75) is 23.9 Å². The van der Waals surface area contributed by atoms with E-state index in [0.717, 1.165) is 5.56 Å². The van der Waals surface area contributed by atoms with Crippen molar-refractivity contribution in [2.24, 2.45) is 5.73 Å². The molecule has 2 aromatic carbocycles. The Kier molecular flexibility index (Phi) is 5.71. The first-order valence-electron chi connectivity index (χ1n) is 9.72. The van der Waals surface area contributed by atoms with Gasteiger partial charge in [-0.25, -0.2) is 4.79 Å². The summed E-state index contributed by atoms with van der Waals surface area (Å²) >= 11 is 1.43. The lowest BCUT2D eigenvalue weighted by molar-refractivity contribution is -0.150. The smallest absolute Gasteiger partial charge is 0.352 e. The van der Waals surface area contributed by atoms with Crippen molar-refractivity contribution in [3.05, 3.63) is 77.0 Å². The average molecular weight is 439 g/mol. The van der Waals surface area contributed by atoms with Gasteiger partial charge >= 0.3 is 5.97 Å². The van der Waals surface area contributed by atoms with Crippen molar-refractivity contribution in [1.29, 1.82) is 0 Å². The molecule has 6 N–H and O–H groups in total. The Morgan fingerprint density at radius 3 is 2.48 bits per heavy atom. The van der Waals surface area contributed by atoms with Crippen LogP contribution in [0, 0.1) is 0 Å². The van der Waals surface area contributed by atoms with Crippen molar-refractivity contribution in [3.63, 3.8) is 0 Å². The highest BCUT2D eigenvalue weighted by Crippen LogP contribution is 2.41. The molecule has 0 unspecified atom stereocenters. The maximum Gasteiger partial charge on any atom is 0.352 e. The summed E-state index contributed by atoms with van der Waals surface area (Å²) in [5, 5.41) is 12.0. The van der Waals surface area contributed by atoms with Crippen molar-refractivity contribution in [2.75, 3.05) is 11.5 Å². The summed E-state index contributed by atoms with van der Waals surface area (Å²) < 4.78 is 0. The fourth-order valence-electron chi connectivity index (χ4n) is 3.76. The minimum atomic E-state index is -1.16. The maximum absolute atomic E-state index is 12.8. The number of benzene rings is 2. The van der Waals surface area contributed by atoms with Gasteiger partial charge in [0.15, 0.2) is 0 Å². The molecule has 8 nitrogen and oxygen atoms in total. The van der Waals surface area contributed by atoms with Crippen LogP contribution in [0.1, 0.15) is 17.2 Å². The zero-order valence-corrected chi connectivity index (χ0v) is 17.3. The average Bonchev–Trinajstić information content (AvgIpc) is 2.78. The number of rotatable bonds is 6. The van der Waals surface area contributed by atoms with Crippen molar-refractivity contribution in [1.82, 2.24) is 10.2 Å². The van der Waals surface area contributed by atoms with Crippen LogP contribution in [0.5, 0.6) is 0 Å². The summed E-state index contributed by atoms with van der Waals surface area (Å²) in [4.78, 5) is 38.6. The number of carbonyl (C=O) groups is 3. The standard InChI is InChI=1S/C22H22N4O4S/c23-15-8-6-12(7-9-15)10-14-11-31-21-17(20(28)26(21)18(14)22(29)30)25-19(27)16(24)13-4-2-1-3-5-13/h1-9,16-17,21H,10-11,23-24H2,(H,25,27)(H,29,30)/t16-,17-,21-/m1/s1. The SMILES string of the molecule is Nc1ccc(CC2=C(C(=O)O)N3C(=O)[C@@H](NC(=O)[C@H](N)c4ccccc4)[C@H]3SC2)cc1. The Hall–Kier alpha value is -3.30. The number of carboxylic acids is 1.